The van der Waals surface area contributed by atoms with Gasteiger partial charge in [-0.2, -0.15) is 0 Å². The van der Waals surface area contributed by atoms with Crippen LogP contribution < -0.4 is 10.6 Å². The number of alkyl carbamates (subject to hydrolysis) is 1. The first-order valence-electron chi connectivity index (χ1n) is 5.83. The van der Waals surface area contributed by atoms with Crippen molar-refractivity contribution in [1.82, 2.24) is 10.6 Å². The number of ether oxygens (including phenoxy) is 1. The van der Waals surface area contributed by atoms with Gasteiger partial charge in [-0.1, -0.05) is 44.2 Å². The van der Waals surface area contributed by atoms with Crippen molar-refractivity contribution in [3.8, 4) is 0 Å². The van der Waals surface area contributed by atoms with E-state index in [0.29, 0.717) is 11.0 Å². The van der Waals surface area contributed by atoms with E-state index in [4.69, 9.17) is 17.0 Å². The van der Waals surface area contributed by atoms with Gasteiger partial charge in [0, 0.05) is 6.54 Å². The van der Waals surface area contributed by atoms with Crippen molar-refractivity contribution in [2.24, 2.45) is 5.92 Å². The molecule has 0 atom stereocenters. The molecule has 2 N–H and O–H groups in total. The van der Waals surface area contributed by atoms with Crippen LogP contribution in [0.3, 0.4) is 0 Å². The van der Waals surface area contributed by atoms with Crippen molar-refractivity contribution in [1.29, 1.82) is 0 Å². The molecule has 5 heteroatoms. The highest BCUT2D eigenvalue weighted by atomic mass is 32.1. The fourth-order valence-corrected chi connectivity index (χ4v) is 1.36. The fraction of sp³-hybridized carbons (Fsp3) is 0.385. The standard InChI is InChI=1S/C13H18N2O2S/c1-10(2)8-14-12(18)15-13(16)17-9-11-6-4-3-5-7-11/h3-7,10H,8-9H2,1-2H3,(H2,14,15,16,18). The SMILES string of the molecule is CC(C)CNC(=S)NC(=O)OCc1ccccc1. The van der Waals surface area contributed by atoms with Gasteiger partial charge < -0.3 is 10.1 Å². The second kappa shape index (κ2) is 7.66. The van der Waals surface area contributed by atoms with Crippen molar-refractivity contribution in [2.75, 3.05) is 6.54 Å². The maximum absolute atomic E-state index is 11.4. The van der Waals surface area contributed by atoms with Crippen molar-refractivity contribution < 1.29 is 9.53 Å². The van der Waals surface area contributed by atoms with Gasteiger partial charge >= 0.3 is 6.09 Å². The Morgan fingerprint density at radius 1 is 1.33 bits per heavy atom. The highest BCUT2D eigenvalue weighted by Crippen LogP contribution is 2.00. The predicted molar refractivity (Wildman–Crippen MR) is 75.2 cm³/mol. The van der Waals surface area contributed by atoms with Crippen LogP contribution in [0.25, 0.3) is 0 Å². The molecule has 0 saturated carbocycles. The van der Waals surface area contributed by atoms with E-state index in [1.165, 1.54) is 0 Å². The summed E-state index contributed by atoms with van der Waals surface area (Å²) in [5.41, 5.74) is 0.939. The molecule has 1 amide bonds. The molecule has 1 aromatic carbocycles. The molecule has 0 heterocycles. The van der Waals surface area contributed by atoms with Crippen molar-refractivity contribution in [3.63, 3.8) is 0 Å². The Morgan fingerprint density at radius 3 is 2.61 bits per heavy atom. The van der Waals surface area contributed by atoms with Gasteiger partial charge in [0.25, 0.3) is 0 Å². The van der Waals surface area contributed by atoms with Gasteiger partial charge in [-0.25, -0.2) is 4.79 Å². The molecule has 0 bridgehead atoms. The van der Waals surface area contributed by atoms with E-state index in [0.717, 1.165) is 12.1 Å². The van der Waals surface area contributed by atoms with E-state index in [9.17, 15) is 4.79 Å². The molecular weight excluding hydrogens is 248 g/mol. The Morgan fingerprint density at radius 2 is 2.00 bits per heavy atom. The number of rotatable bonds is 4. The van der Waals surface area contributed by atoms with Gasteiger partial charge in [0.05, 0.1) is 0 Å². The quantitative estimate of drug-likeness (QED) is 0.822. The largest absolute Gasteiger partial charge is 0.444 e. The number of carbonyl (C=O) groups excluding carboxylic acids is 1. The van der Waals surface area contributed by atoms with Gasteiger partial charge in [-0.15, -0.1) is 0 Å². The molecule has 0 fully saturated rings. The van der Waals surface area contributed by atoms with E-state index >= 15 is 0 Å². The Hall–Kier alpha value is -1.62. The zero-order chi connectivity index (χ0) is 13.4. The number of benzene rings is 1. The molecule has 98 valence electrons. The Kier molecular flexibility index (Phi) is 6.14. The number of nitrogens with one attached hydrogen (secondary N) is 2. The molecule has 18 heavy (non-hydrogen) atoms. The van der Waals surface area contributed by atoms with Crippen LogP contribution >= 0.6 is 12.2 Å². The first kappa shape index (κ1) is 14.4. The number of hydrogen-bond donors (Lipinski definition) is 2. The van der Waals surface area contributed by atoms with E-state index in [1.807, 2.05) is 30.3 Å². The molecule has 0 saturated heterocycles. The molecule has 0 aliphatic rings. The second-order valence-electron chi connectivity index (χ2n) is 4.29. The predicted octanol–water partition coefficient (Wildman–Crippen LogP) is 2.44. The average molecular weight is 266 g/mol. The average Bonchev–Trinajstić information content (AvgIpc) is 2.35. The highest BCUT2D eigenvalue weighted by molar-refractivity contribution is 7.80. The lowest BCUT2D eigenvalue weighted by Crippen LogP contribution is -2.40. The highest BCUT2D eigenvalue weighted by Gasteiger charge is 2.05. The summed E-state index contributed by atoms with van der Waals surface area (Å²) in [7, 11) is 0. The molecule has 0 aromatic heterocycles. The van der Waals surface area contributed by atoms with Crippen LogP contribution in [0, 0.1) is 5.92 Å². The van der Waals surface area contributed by atoms with Crippen LogP contribution in [0.15, 0.2) is 30.3 Å². The zero-order valence-corrected chi connectivity index (χ0v) is 11.4. The van der Waals surface area contributed by atoms with Crippen LogP contribution in [0.5, 0.6) is 0 Å². The van der Waals surface area contributed by atoms with Crippen molar-refractivity contribution >= 4 is 23.4 Å². The summed E-state index contributed by atoms with van der Waals surface area (Å²) in [6, 6.07) is 9.48. The van der Waals surface area contributed by atoms with Crippen molar-refractivity contribution in [2.45, 2.75) is 20.5 Å². The zero-order valence-electron chi connectivity index (χ0n) is 10.6. The first-order chi connectivity index (χ1) is 8.58. The van der Waals surface area contributed by atoms with Crippen LogP contribution in [-0.4, -0.2) is 17.8 Å². The second-order valence-corrected chi connectivity index (χ2v) is 4.70. The normalized spacial score (nSPS) is 9.94. The minimum Gasteiger partial charge on any atom is -0.444 e. The fourth-order valence-electron chi connectivity index (χ4n) is 1.19. The Balaban J connectivity index is 2.23. The monoisotopic (exact) mass is 266 g/mol. The maximum atomic E-state index is 11.4. The van der Waals surface area contributed by atoms with Gasteiger partial charge in [0.15, 0.2) is 5.11 Å². The molecule has 0 aliphatic heterocycles. The molecule has 4 nitrogen and oxygen atoms in total. The summed E-state index contributed by atoms with van der Waals surface area (Å²) >= 11 is 4.96. The summed E-state index contributed by atoms with van der Waals surface area (Å²) in [5, 5.41) is 5.69. The third kappa shape index (κ3) is 6.20. The number of hydrogen-bond acceptors (Lipinski definition) is 3. The summed E-state index contributed by atoms with van der Waals surface area (Å²) in [4.78, 5) is 11.4. The maximum Gasteiger partial charge on any atom is 0.413 e. The summed E-state index contributed by atoms with van der Waals surface area (Å²) in [6.07, 6.45) is -0.542. The molecular formula is C13H18N2O2S. The minimum atomic E-state index is -0.542. The Labute approximate surface area is 113 Å². The number of carbonyl (C=O) groups is 1. The van der Waals surface area contributed by atoms with E-state index in [-0.39, 0.29) is 6.61 Å². The molecule has 1 rings (SSSR count). The van der Waals surface area contributed by atoms with Crippen LogP contribution in [-0.2, 0) is 11.3 Å². The lowest BCUT2D eigenvalue weighted by atomic mass is 10.2. The lowest BCUT2D eigenvalue weighted by molar-refractivity contribution is 0.145. The first-order valence-corrected chi connectivity index (χ1v) is 6.24. The summed E-state index contributed by atoms with van der Waals surface area (Å²) < 4.78 is 5.03. The molecule has 0 aliphatic carbocycles. The lowest BCUT2D eigenvalue weighted by Gasteiger charge is -2.11. The van der Waals surface area contributed by atoms with Gasteiger partial charge in [0.2, 0.25) is 0 Å². The van der Waals surface area contributed by atoms with Gasteiger partial charge in [0.1, 0.15) is 6.61 Å². The summed E-state index contributed by atoms with van der Waals surface area (Å²) in [5.74, 6) is 0.463. The van der Waals surface area contributed by atoms with Crippen LogP contribution in [0.4, 0.5) is 4.79 Å². The smallest absolute Gasteiger partial charge is 0.413 e. The third-order valence-corrected chi connectivity index (χ3v) is 2.35. The van der Waals surface area contributed by atoms with Crippen LogP contribution in [0.1, 0.15) is 19.4 Å². The third-order valence-electron chi connectivity index (χ3n) is 2.10. The molecule has 0 unspecified atom stereocenters. The van der Waals surface area contributed by atoms with Gasteiger partial charge in [-0.3, -0.25) is 5.32 Å². The topological polar surface area (TPSA) is 50.4 Å². The number of amides is 1. The Bertz CT molecular complexity index is 393. The number of thiocarbonyl (C=S) groups is 1. The van der Waals surface area contributed by atoms with E-state index < -0.39 is 6.09 Å². The molecule has 0 radical (unpaired) electrons. The van der Waals surface area contributed by atoms with Crippen LogP contribution in [0.2, 0.25) is 0 Å². The van der Waals surface area contributed by atoms with Gasteiger partial charge in [-0.05, 0) is 23.7 Å². The molecule has 0 spiro atoms. The van der Waals surface area contributed by atoms with E-state index in [2.05, 4.69) is 24.5 Å². The summed E-state index contributed by atoms with van der Waals surface area (Å²) in [6.45, 7) is 5.07. The minimum absolute atomic E-state index is 0.236. The van der Waals surface area contributed by atoms with E-state index in [1.54, 1.807) is 0 Å². The molecule has 1 aromatic rings. The van der Waals surface area contributed by atoms with Crippen molar-refractivity contribution in [3.05, 3.63) is 35.9 Å².